The molecule has 5 nitrogen and oxygen atoms in total. The first-order valence-corrected chi connectivity index (χ1v) is 11.3. The van der Waals surface area contributed by atoms with Gasteiger partial charge in [0, 0.05) is 19.0 Å². The van der Waals surface area contributed by atoms with Gasteiger partial charge in [-0.05, 0) is 39.8 Å². The van der Waals surface area contributed by atoms with Gasteiger partial charge in [0.15, 0.2) is 5.69 Å². The minimum absolute atomic E-state index is 0.0335. The zero-order chi connectivity index (χ0) is 22.7. The van der Waals surface area contributed by atoms with Gasteiger partial charge < -0.3 is 10.2 Å². The summed E-state index contributed by atoms with van der Waals surface area (Å²) in [5.41, 5.74) is -0.895. The van der Waals surface area contributed by atoms with Gasteiger partial charge in [-0.2, -0.15) is 18.3 Å². The predicted molar refractivity (Wildman–Crippen MR) is 115 cm³/mol. The van der Waals surface area contributed by atoms with Gasteiger partial charge in [0.2, 0.25) is 5.91 Å². The van der Waals surface area contributed by atoms with E-state index in [4.69, 9.17) is 11.6 Å². The van der Waals surface area contributed by atoms with Gasteiger partial charge in [-0.3, -0.25) is 9.48 Å². The molecule has 9 heteroatoms. The minimum Gasteiger partial charge on any atom is -0.352 e. The molecule has 1 rings (SSSR count). The van der Waals surface area contributed by atoms with Crippen molar-refractivity contribution in [3.8, 4) is 0 Å². The van der Waals surface area contributed by atoms with Crippen molar-refractivity contribution in [2.24, 2.45) is 0 Å². The lowest BCUT2D eigenvalue weighted by Crippen LogP contribution is -2.43. The maximum Gasteiger partial charge on any atom is 0.436 e. The largest absolute Gasteiger partial charge is 0.436 e. The Hall–Kier alpha value is -1.28. The molecule has 1 aromatic rings. The Morgan fingerprint density at radius 1 is 1.17 bits per heavy atom. The molecule has 0 saturated heterocycles. The third-order valence-corrected chi connectivity index (χ3v) is 5.50. The number of unbranched alkanes of at least 4 members (excludes halogenated alkanes) is 4. The van der Waals surface area contributed by atoms with Crippen molar-refractivity contribution in [3.05, 3.63) is 16.4 Å². The van der Waals surface area contributed by atoms with Crippen molar-refractivity contribution < 1.29 is 18.0 Å². The number of hydrogen-bond donors (Lipinski definition) is 1. The van der Waals surface area contributed by atoms with Crippen LogP contribution in [0.15, 0.2) is 0 Å². The average Bonchev–Trinajstić information content (AvgIpc) is 2.95. The fraction of sp³-hybridized carbons (Fsp3) is 0.810. The van der Waals surface area contributed by atoms with Gasteiger partial charge in [-0.1, -0.05) is 51.1 Å². The van der Waals surface area contributed by atoms with Crippen molar-refractivity contribution in [1.29, 1.82) is 0 Å². The Kier molecular flexibility index (Phi) is 11.8. The van der Waals surface area contributed by atoms with E-state index >= 15 is 0 Å². The molecule has 1 heterocycles. The molecule has 0 fully saturated rings. The molecule has 1 N–H and O–H groups in total. The molecule has 0 aliphatic rings. The van der Waals surface area contributed by atoms with Crippen LogP contribution in [0, 0.1) is 6.92 Å². The summed E-state index contributed by atoms with van der Waals surface area (Å²) in [7, 11) is 0. The van der Waals surface area contributed by atoms with E-state index in [-0.39, 0.29) is 30.6 Å². The fourth-order valence-corrected chi connectivity index (χ4v) is 3.62. The zero-order valence-corrected chi connectivity index (χ0v) is 19.4. The molecule has 0 aromatic carbocycles. The summed E-state index contributed by atoms with van der Waals surface area (Å²) in [5, 5.41) is 6.08. The smallest absolute Gasteiger partial charge is 0.352 e. The van der Waals surface area contributed by atoms with Crippen molar-refractivity contribution in [1.82, 2.24) is 20.0 Å². The minimum atomic E-state index is -4.61. The molecule has 174 valence electrons. The summed E-state index contributed by atoms with van der Waals surface area (Å²) in [5.74, 6) is -0.204. The molecule has 1 unspecified atom stereocenters. The number of hydrogen-bond acceptors (Lipinski definition) is 3. The van der Waals surface area contributed by atoms with E-state index in [1.807, 2.05) is 6.92 Å². The first-order chi connectivity index (χ1) is 14.1. The van der Waals surface area contributed by atoms with E-state index in [2.05, 4.69) is 29.2 Å². The number of carbonyl (C=O) groups is 1. The highest BCUT2D eigenvalue weighted by Gasteiger charge is 2.38. The molecule has 1 aromatic heterocycles. The van der Waals surface area contributed by atoms with Crippen molar-refractivity contribution in [3.63, 3.8) is 0 Å². The summed E-state index contributed by atoms with van der Waals surface area (Å²) in [6, 6.07) is -0.0335. The third-order valence-electron chi connectivity index (χ3n) is 5.05. The Balaban J connectivity index is 2.54. The van der Waals surface area contributed by atoms with Gasteiger partial charge in [-0.15, -0.1) is 0 Å². The second-order valence-electron chi connectivity index (χ2n) is 7.90. The van der Waals surface area contributed by atoms with E-state index in [9.17, 15) is 18.0 Å². The molecule has 1 amide bonds. The Morgan fingerprint density at radius 3 is 2.20 bits per heavy atom. The Morgan fingerprint density at radius 2 is 1.73 bits per heavy atom. The lowest BCUT2D eigenvalue weighted by molar-refractivity contribution is -0.141. The second-order valence-corrected chi connectivity index (χ2v) is 8.28. The molecule has 0 aliphatic carbocycles. The van der Waals surface area contributed by atoms with E-state index in [1.165, 1.54) is 32.6 Å². The maximum atomic E-state index is 12.9. The van der Waals surface area contributed by atoms with Crippen LogP contribution in [-0.4, -0.2) is 46.3 Å². The molecule has 0 aliphatic heterocycles. The number of rotatable bonds is 14. The van der Waals surface area contributed by atoms with E-state index in [1.54, 1.807) is 0 Å². The number of aryl methyl sites for hydroxylation is 1. The molecule has 1 atom stereocenters. The molecule has 0 saturated carbocycles. The van der Waals surface area contributed by atoms with Crippen LogP contribution in [0.4, 0.5) is 13.2 Å². The summed E-state index contributed by atoms with van der Waals surface area (Å²) in [4.78, 5) is 14.7. The monoisotopic (exact) mass is 452 g/mol. The molecule has 0 spiro atoms. The number of alkyl halides is 3. The van der Waals surface area contributed by atoms with Crippen LogP contribution in [0.25, 0.3) is 0 Å². The van der Waals surface area contributed by atoms with E-state index < -0.39 is 16.9 Å². The van der Waals surface area contributed by atoms with Gasteiger partial charge in [0.05, 0.1) is 17.3 Å². The Labute approximate surface area is 183 Å². The predicted octanol–water partition coefficient (Wildman–Crippen LogP) is 5.44. The number of aromatic nitrogens is 2. The highest BCUT2D eigenvalue weighted by atomic mass is 35.5. The molecule has 30 heavy (non-hydrogen) atoms. The molecular weight excluding hydrogens is 417 g/mol. The molecular formula is C21H36ClF3N4O. The molecule has 0 bridgehead atoms. The van der Waals surface area contributed by atoms with Gasteiger partial charge >= 0.3 is 6.18 Å². The van der Waals surface area contributed by atoms with Crippen LogP contribution in [0.3, 0.4) is 0 Å². The highest BCUT2D eigenvalue weighted by Crippen LogP contribution is 2.35. The number of amides is 1. The lowest BCUT2D eigenvalue weighted by Gasteiger charge is -2.26. The normalized spacial score (nSPS) is 13.1. The van der Waals surface area contributed by atoms with Crippen molar-refractivity contribution >= 4 is 17.5 Å². The Bertz CT molecular complexity index is 639. The van der Waals surface area contributed by atoms with E-state index in [0.717, 1.165) is 37.2 Å². The van der Waals surface area contributed by atoms with Crippen LogP contribution in [0.2, 0.25) is 5.02 Å². The topological polar surface area (TPSA) is 50.2 Å². The first-order valence-electron chi connectivity index (χ1n) is 10.9. The number of halogens is 4. The number of nitrogens with zero attached hydrogens (tertiary/aromatic N) is 3. The SMILES string of the molecule is CCCCCN(CCCCC)CC(C)NC(=O)CCn1nc(C(F)(F)F)c(Cl)c1C. The van der Waals surface area contributed by atoms with Gasteiger partial charge in [0.25, 0.3) is 0 Å². The van der Waals surface area contributed by atoms with Crippen LogP contribution in [0.1, 0.15) is 77.1 Å². The van der Waals surface area contributed by atoms with Crippen LogP contribution in [0.5, 0.6) is 0 Å². The van der Waals surface area contributed by atoms with Crippen LogP contribution >= 0.6 is 11.6 Å². The van der Waals surface area contributed by atoms with Gasteiger partial charge in [-0.25, -0.2) is 0 Å². The molecule has 0 radical (unpaired) electrons. The van der Waals surface area contributed by atoms with Gasteiger partial charge in [0.1, 0.15) is 0 Å². The summed E-state index contributed by atoms with van der Waals surface area (Å²) in [6.45, 7) is 10.6. The summed E-state index contributed by atoms with van der Waals surface area (Å²) in [6.07, 6.45) is 2.45. The zero-order valence-electron chi connectivity index (χ0n) is 18.6. The van der Waals surface area contributed by atoms with E-state index in [0.29, 0.717) is 0 Å². The highest BCUT2D eigenvalue weighted by molar-refractivity contribution is 6.31. The standard InChI is InChI=1S/C21H36ClF3N4O/c1-5-7-9-12-28(13-10-8-6-2)15-16(3)26-18(30)11-14-29-17(4)19(22)20(27-29)21(23,24)25/h16H,5-15H2,1-4H3,(H,26,30). The van der Waals surface area contributed by atoms with Crippen molar-refractivity contribution in [2.75, 3.05) is 19.6 Å². The van der Waals surface area contributed by atoms with Crippen molar-refractivity contribution in [2.45, 2.75) is 91.4 Å². The first kappa shape index (κ1) is 26.8. The quantitative estimate of drug-likeness (QED) is 0.382. The van der Waals surface area contributed by atoms with Crippen LogP contribution in [-0.2, 0) is 17.5 Å². The summed E-state index contributed by atoms with van der Waals surface area (Å²) >= 11 is 5.75. The lowest BCUT2D eigenvalue weighted by atomic mass is 10.2. The summed E-state index contributed by atoms with van der Waals surface area (Å²) < 4.78 is 39.9. The number of carbonyl (C=O) groups excluding carboxylic acids is 1. The second kappa shape index (κ2) is 13.2. The van der Waals surface area contributed by atoms with Crippen LogP contribution < -0.4 is 5.32 Å². The number of nitrogens with one attached hydrogen (secondary N) is 1. The third kappa shape index (κ3) is 9.25. The fourth-order valence-electron chi connectivity index (χ4n) is 3.38. The maximum absolute atomic E-state index is 12.9. The average molecular weight is 453 g/mol.